The molecule has 0 amide bonds. The Morgan fingerprint density at radius 3 is 2.71 bits per heavy atom. The maximum Gasteiger partial charge on any atom is 0.189 e. The molecule has 1 aromatic heterocycles. The van der Waals surface area contributed by atoms with Gasteiger partial charge in [-0.25, -0.2) is 4.39 Å². The Hall–Kier alpha value is -1.04. The van der Waals surface area contributed by atoms with Crippen LogP contribution >= 0.6 is 23.2 Å². The van der Waals surface area contributed by atoms with Gasteiger partial charge in [-0.1, -0.05) is 28.4 Å². The van der Waals surface area contributed by atoms with Crippen LogP contribution in [0.3, 0.4) is 0 Å². The van der Waals surface area contributed by atoms with Crippen LogP contribution in [0, 0.1) is 11.7 Å². The maximum atomic E-state index is 13.8. The van der Waals surface area contributed by atoms with Crippen molar-refractivity contribution in [2.24, 2.45) is 5.92 Å². The predicted molar refractivity (Wildman–Crippen MR) is 80.6 cm³/mol. The lowest BCUT2D eigenvalue weighted by Crippen LogP contribution is -2.53. The quantitative estimate of drug-likeness (QED) is 0.851. The zero-order chi connectivity index (χ0) is 14.6. The van der Waals surface area contributed by atoms with E-state index in [0.717, 1.165) is 6.54 Å². The summed E-state index contributed by atoms with van der Waals surface area (Å²) >= 11 is 11.8. The Labute approximate surface area is 131 Å². The minimum atomic E-state index is -0.561. The lowest BCUT2D eigenvalue weighted by Gasteiger charge is -2.44. The van der Waals surface area contributed by atoms with Crippen LogP contribution in [-0.2, 0) is 0 Å². The van der Waals surface area contributed by atoms with Crippen LogP contribution in [0.1, 0.15) is 12.8 Å². The van der Waals surface area contributed by atoms with Crippen molar-refractivity contribution in [1.82, 2.24) is 10.1 Å². The van der Waals surface area contributed by atoms with Crippen LogP contribution < -0.4 is 5.32 Å². The third kappa shape index (κ3) is 2.18. The summed E-state index contributed by atoms with van der Waals surface area (Å²) < 4.78 is 19.0. The first-order valence-electron chi connectivity index (χ1n) is 7.05. The SMILES string of the molecule is Fc1cc2c(N[C@@H]3CN4CCC3CC4)noc2c(Cl)c1Cl. The number of hydrogen-bond acceptors (Lipinski definition) is 4. The second kappa shape index (κ2) is 5.00. The van der Waals surface area contributed by atoms with E-state index in [1.165, 1.54) is 32.0 Å². The molecule has 0 aliphatic carbocycles. The topological polar surface area (TPSA) is 41.3 Å². The van der Waals surface area contributed by atoms with E-state index in [1.54, 1.807) is 0 Å². The molecule has 21 heavy (non-hydrogen) atoms. The fourth-order valence-corrected chi connectivity index (χ4v) is 3.76. The third-order valence-corrected chi connectivity index (χ3v) is 5.41. The van der Waals surface area contributed by atoms with Gasteiger partial charge in [-0.2, -0.15) is 0 Å². The van der Waals surface area contributed by atoms with E-state index in [2.05, 4.69) is 15.4 Å². The molecule has 4 heterocycles. The predicted octanol–water partition coefficient (Wildman–Crippen LogP) is 3.78. The van der Waals surface area contributed by atoms with Gasteiger partial charge >= 0.3 is 0 Å². The van der Waals surface area contributed by atoms with Gasteiger partial charge in [0, 0.05) is 12.6 Å². The van der Waals surface area contributed by atoms with Crippen molar-refractivity contribution < 1.29 is 8.91 Å². The molecule has 2 aromatic rings. The Morgan fingerprint density at radius 2 is 2.05 bits per heavy atom. The Balaban J connectivity index is 1.68. The molecule has 1 atom stereocenters. The molecule has 0 saturated carbocycles. The number of piperidine rings is 3. The van der Waals surface area contributed by atoms with Crippen LogP contribution in [0.2, 0.25) is 10.0 Å². The Morgan fingerprint density at radius 1 is 1.29 bits per heavy atom. The normalized spacial score (nSPS) is 28.2. The average Bonchev–Trinajstić information content (AvgIpc) is 2.89. The summed E-state index contributed by atoms with van der Waals surface area (Å²) in [5.74, 6) is 0.616. The van der Waals surface area contributed by atoms with Crippen LogP contribution in [0.4, 0.5) is 10.2 Å². The van der Waals surface area contributed by atoms with Crippen molar-refractivity contribution in [3.8, 4) is 0 Å². The summed E-state index contributed by atoms with van der Waals surface area (Å²) in [6, 6.07) is 1.64. The van der Waals surface area contributed by atoms with Crippen molar-refractivity contribution >= 4 is 40.0 Å². The molecule has 1 N–H and O–H groups in total. The molecule has 2 bridgehead atoms. The number of nitrogens with one attached hydrogen (secondary N) is 1. The number of benzene rings is 1. The number of hydrogen-bond donors (Lipinski definition) is 1. The van der Waals surface area contributed by atoms with Crippen molar-refractivity contribution in [3.05, 3.63) is 21.9 Å². The van der Waals surface area contributed by atoms with Crippen LogP contribution in [0.5, 0.6) is 0 Å². The summed E-state index contributed by atoms with van der Waals surface area (Å²) in [4.78, 5) is 2.43. The second-order valence-electron chi connectivity index (χ2n) is 5.78. The van der Waals surface area contributed by atoms with Crippen molar-refractivity contribution in [3.63, 3.8) is 0 Å². The summed E-state index contributed by atoms with van der Waals surface area (Å²) in [7, 11) is 0. The van der Waals surface area contributed by atoms with Crippen LogP contribution in [0.25, 0.3) is 11.0 Å². The molecular formula is C14H14Cl2FN3O. The first-order valence-corrected chi connectivity index (χ1v) is 7.81. The highest BCUT2D eigenvalue weighted by molar-refractivity contribution is 6.45. The number of rotatable bonds is 2. The first-order chi connectivity index (χ1) is 10.1. The largest absolute Gasteiger partial charge is 0.362 e. The third-order valence-electron chi connectivity index (χ3n) is 4.58. The van der Waals surface area contributed by atoms with E-state index in [1.807, 2.05) is 0 Å². The maximum absolute atomic E-state index is 13.8. The summed E-state index contributed by atoms with van der Waals surface area (Å²) in [6.07, 6.45) is 2.38. The number of anilines is 1. The molecule has 0 unspecified atom stereocenters. The molecule has 112 valence electrons. The first kappa shape index (κ1) is 13.6. The van der Waals surface area contributed by atoms with E-state index in [9.17, 15) is 4.39 Å². The van der Waals surface area contributed by atoms with Gasteiger partial charge in [0.1, 0.15) is 10.8 Å². The molecule has 0 radical (unpaired) electrons. The molecule has 4 nitrogen and oxygen atoms in total. The smallest absolute Gasteiger partial charge is 0.189 e. The van der Waals surface area contributed by atoms with E-state index in [-0.39, 0.29) is 10.0 Å². The van der Waals surface area contributed by atoms with Crippen LogP contribution in [0.15, 0.2) is 10.6 Å². The van der Waals surface area contributed by atoms with Gasteiger partial charge in [-0.3, -0.25) is 0 Å². The van der Waals surface area contributed by atoms with E-state index in [0.29, 0.717) is 28.7 Å². The van der Waals surface area contributed by atoms with E-state index in [4.69, 9.17) is 27.7 Å². The zero-order valence-corrected chi connectivity index (χ0v) is 12.7. The summed E-state index contributed by atoms with van der Waals surface area (Å²) in [5.41, 5.74) is 0.326. The monoisotopic (exact) mass is 329 g/mol. The average molecular weight is 330 g/mol. The minimum absolute atomic E-state index is 0.0705. The summed E-state index contributed by atoms with van der Waals surface area (Å²) in [6.45, 7) is 3.32. The number of halogens is 3. The van der Waals surface area contributed by atoms with Gasteiger partial charge in [-0.15, -0.1) is 0 Å². The number of nitrogens with zero attached hydrogens (tertiary/aromatic N) is 2. The standard InChI is InChI=1S/C14H14Cl2FN3O/c15-11-9(17)5-8-13(12(11)16)21-19-14(8)18-10-6-20-3-1-7(10)2-4-20/h5,7,10H,1-4,6H2,(H,18,19)/t10-/m1/s1. The fraction of sp³-hybridized carbons (Fsp3) is 0.500. The fourth-order valence-electron chi connectivity index (χ4n) is 3.39. The molecule has 7 heteroatoms. The van der Waals surface area contributed by atoms with Gasteiger partial charge in [0.15, 0.2) is 11.4 Å². The highest BCUT2D eigenvalue weighted by Gasteiger charge is 2.34. The second-order valence-corrected chi connectivity index (χ2v) is 6.54. The van der Waals surface area contributed by atoms with Gasteiger partial charge < -0.3 is 14.7 Å². The molecule has 0 spiro atoms. The zero-order valence-electron chi connectivity index (χ0n) is 11.2. The van der Waals surface area contributed by atoms with Gasteiger partial charge in [0.2, 0.25) is 0 Å². The van der Waals surface area contributed by atoms with Crippen LogP contribution in [-0.4, -0.2) is 35.7 Å². The number of fused-ring (bicyclic) bond motifs is 4. The highest BCUT2D eigenvalue weighted by Crippen LogP contribution is 2.37. The Kier molecular flexibility index (Phi) is 3.24. The van der Waals surface area contributed by atoms with E-state index >= 15 is 0 Å². The molecule has 3 aliphatic rings. The Bertz CT molecular complexity index is 697. The lowest BCUT2D eigenvalue weighted by molar-refractivity contribution is 0.0973. The van der Waals surface area contributed by atoms with Gasteiger partial charge in [-0.05, 0) is 37.9 Å². The number of aromatic nitrogens is 1. The van der Waals surface area contributed by atoms with Crippen molar-refractivity contribution in [2.45, 2.75) is 18.9 Å². The molecule has 3 saturated heterocycles. The van der Waals surface area contributed by atoms with Gasteiger partial charge in [0.25, 0.3) is 0 Å². The molecule has 5 rings (SSSR count). The van der Waals surface area contributed by atoms with Gasteiger partial charge in [0.05, 0.1) is 10.4 Å². The van der Waals surface area contributed by atoms with Crippen molar-refractivity contribution in [2.75, 3.05) is 25.0 Å². The summed E-state index contributed by atoms with van der Waals surface area (Å²) in [5, 5.41) is 7.88. The molecular weight excluding hydrogens is 316 g/mol. The molecule has 3 fully saturated rings. The molecule has 3 aliphatic heterocycles. The lowest BCUT2D eigenvalue weighted by atomic mass is 9.84. The minimum Gasteiger partial charge on any atom is -0.362 e. The molecule has 1 aromatic carbocycles. The highest BCUT2D eigenvalue weighted by atomic mass is 35.5. The van der Waals surface area contributed by atoms with E-state index < -0.39 is 5.82 Å². The van der Waals surface area contributed by atoms with Crippen molar-refractivity contribution in [1.29, 1.82) is 0 Å².